The lowest BCUT2D eigenvalue weighted by Gasteiger charge is -2.39. The molecule has 0 radical (unpaired) electrons. The van der Waals surface area contributed by atoms with Crippen LogP contribution in [0.5, 0.6) is 5.75 Å². The third-order valence-electron chi connectivity index (χ3n) is 6.68. The van der Waals surface area contributed by atoms with E-state index >= 15 is 0 Å². The summed E-state index contributed by atoms with van der Waals surface area (Å²) >= 11 is 0. The van der Waals surface area contributed by atoms with Gasteiger partial charge in [0.05, 0.1) is 7.11 Å². The summed E-state index contributed by atoms with van der Waals surface area (Å²) in [4.78, 5) is 42.2. The van der Waals surface area contributed by atoms with Gasteiger partial charge in [0, 0.05) is 37.7 Å². The number of benzene rings is 2. The lowest BCUT2D eigenvalue weighted by molar-refractivity contribution is -0.138. The summed E-state index contributed by atoms with van der Waals surface area (Å²) in [6.45, 7) is 3.49. The molecule has 7 nitrogen and oxygen atoms in total. The molecule has 1 N–H and O–H groups in total. The molecule has 0 bridgehead atoms. The summed E-state index contributed by atoms with van der Waals surface area (Å²) in [5.74, 6) is 0.660. The predicted octanol–water partition coefficient (Wildman–Crippen LogP) is 2.92. The first kappa shape index (κ1) is 22.8. The Labute approximate surface area is 194 Å². The average Bonchev–Trinajstić information content (AvgIpc) is 3.24. The molecule has 1 unspecified atom stereocenters. The maximum atomic E-state index is 13.0. The van der Waals surface area contributed by atoms with Gasteiger partial charge in [0.15, 0.2) is 0 Å². The Bertz CT molecular complexity index is 1020. The quantitative estimate of drug-likeness (QED) is 0.736. The molecule has 3 amide bonds. The fourth-order valence-corrected chi connectivity index (χ4v) is 4.84. The van der Waals surface area contributed by atoms with E-state index in [4.69, 9.17) is 4.74 Å². The Morgan fingerprint density at radius 3 is 2.45 bits per heavy atom. The summed E-state index contributed by atoms with van der Waals surface area (Å²) < 4.78 is 5.23. The Balaban J connectivity index is 1.36. The number of nitrogens with zero attached hydrogens (tertiary/aromatic N) is 2. The van der Waals surface area contributed by atoms with Crippen LogP contribution in [0.1, 0.15) is 47.2 Å². The molecule has 2 saturated heterocycles. The highest BCUT2D eigenvalue weighted by molar-refractivity contribution is 5.96. The van der Waals surface area contributed by atoms with Crippen molar-refractivity contribution in [3.8, 4) is 5.75 Å². The molecule has 2 aromatic carbocycles. The fraction of sp³-hybridized carbons (Fsp3) is 0.423. The van der Waals surface area contributed by atoms with Crippen LogP contribution in [0.2, 0.25) is 0 Å². The van der Waals surface area contributed by atoms with Gasteiger partial charge in [0.25, 0.3) is 5.91 Å². The molecule has 2 aliphatic rings. The van der Waals surface area contributed by atoms with Crippen molar-refractivity contribution in [1.82, 2.24) is 15.1 Å². The highest BCUT2D eigenvalue weighted by atomic mass is 16.5. The molecule has 2 aliphatic heterocycles. The van der Waals surface area contributed by atoms with E-state index in [1.54, 1.807) is 24.1 Å². The SMILES string of the molecule is COc1ccc(C(=O)N2CCC(N3C(=O)CCC3C(=O)NCc3ccccc3)CC2)c(C)c1. The Kier molecular flexibility index (Phi) is 6.96. The van der Waals surface area contributed by atoms with Gasteiger partial charge in [-0.15, -0.1) is 0 Å². The van der Waals surface area contributed by atoms with E-state index < -0.39 is 6.04 Å². The molecule has 2 fully saturated rings. The number of aryl methyl sites for hydroxylation is 1. The van der Waals surface area contributed by atoms with E-state index in [0.29, 0.717) is 50.9 Å². The summed E-state index contributed by atoms with van der Waals surface area (Å²) in [5, 5.41) is 2.99. The molecular weight excluding hydrogens is 418 g/mol. The lowest BCUT2D eigenvalue weighted by Crippen LogP contribution is -2.53. The number of carbonyl (C=O) groups excluding carboxylic acids is 3. The van der Waals surface area contributed by atoms with Crippen LogP contribution in [-0.2, 0) is 16.1 Å². The van der Waals surface area contributed by atoms with Crippen LogP contribution in [-0.4, -0.2) is 59.8 Å². The number of likely N-dealkylation sites (tertiary alicyclic amines) is 2. The molecule has 0 spiro atoms. The van der Waals surface area contributed by atoms with Crippen molar-refractivity contribution in [2.24, 2.45) is 0 Å². The number of hydrogen-bond acceptors (Lipinski definition) is 4. The molecule has 7 heteroatoms. The number of hydrogen-bond donors (Lipinski definition) is 1. The van der Waals surface area contributed by atoms with E-state index in [9.17, 15) is 14.4 Å². The number of ether oxygens (including phenoxy) is 1. The molecular formula is C26H31N3O4. The maximum absolute atomic E-state index is 13.0. The van der Waals surface area contributed by atoms with E-state index in [-0.39, 0.29) is 23.8 Å². The van der Waals surface area contributed by atoms with Crippen LogP contribution in [0, 0.1) is 6.92 Å². The summed E-state index contributed by atoms with van der Waals surface area (Å²) in [5.41, 5.74) is 2.58. The first-order valence-corrected chi connectivity index (χ1v) is 11.5. The average molecular weight is 450 g/mol. The zero-order valence-corrected chi connectivity index (χ0v) is 19.3. The zero-order chi connectivity index (χ0) is 23.4. The second-order valence-electron chi connectivity index (χ2n) is 8.76. The van der Waals surface area contributed by atoms with E-state index in [2.05, 4.69) is 5.32 Å². The molecule has 2 aromatic rings. The second kappa shape index (κ2) is 10.1. The minimum absolute atomic E-state index is 0.00138. The van der Waals surface area contributed by atoms with Crippen molar-refractivity contribution < 1.29 is 19.1 Å². The second-order valence-corrected chi connectivity index (χ2v) is 8.76. The van der Waals surface area contributed by atoms with Crippen LogP contribution in [0.25, 0.3) is 0 Å². The normalized spacial score (nSPS) is 19.0. The highest BCUT2D eigenvalue weighted by Crippen LogP contribution is 2.28. The monoisotopic (exact) mass is 449 g/mol. The van der Waals surface area contributed by atoms with Crippen molar-refractivity contribution >= 4 is 17.7 Å². The number of methoxy groups -OCH3 is 1. The lowest BCUT2D eigenvalue weighted by atomic mass is 10.00. The van der Waals surface area contributed by atoms with Crippen LogP contribution in [0.15, 0.2) is 48.5 Å². The van der Waals surface area contributed by atoms with Crippen LogP contribution in [0.3, 0.4) is 0 Å². The summed E-state index contributed by atoms with van der Waals surface area (Å²) in [7, 11) is 1.61. The van der Waals surface area contributed by atoms with Gasteiger partial charge in [-0.2, -0.15) is 0 Å². The number of piperidine rings is 1. The number of rotatable bonds is 6. The molecule has 4 rings (SSSR count). The topological polar surface area (TPSA) is 79.0 Å². The van der Waals surface area contributed by atoms with Crippen LogP contribution >= 0.6 is 0 Å². The van der Waals surface area contributed by atoms with E-state index in [1.165, 1.54) is 0 Å². The summed E-state index contributed by atoms with van der Waals surface area (Å²) in [6, 6.07) is 14.8. The van der Waals surface area contributed by atoms with Gasteiger partial charge >= 0.3 is 0 Å². The van der Waals surface area contributed by atoms with Crippen LogP contribution in [0.4, 0.5) is 0 Å². The molecule has 2 heterocycles. The molecule has 0 saturated carbocycles. The van der Waals surface area contributed by atoms with Crippen molar-refractivity contribution in [3.05, 3.63) is 65.2 Å². The predicted molar refractivity (Wildman–Crippen MR) is 125 cm³/mol. The van der Waals surface area contributed by atoms with E-state index in [0.717, 1.165) is 16.9 Å². The number of carbonyl (C=O) groups is 3. The first-order valence-electron chi connectivity index (χ1n) is 11.5. The number of amides is 3. The molecule has 0 aliphatic carbocycles. The van der Waals surface area contributed by atoms with Crippen molar-refractivity contribution in [3.63, 3.8) is 0 Å². The van der Waals surface area contributed by atoms with Gasteiger partial charge in [-0.3, -0.25) is 14.4 Å². The molecule has 33 heavy (non-hydrogen) atoms. The fourth-order valence-electron chi connectivity index (χ4n) is 4.84. The standard InChI is InChI=1S/C26H31N3O4/c1-18-16-21(33-2)8-9-22(18)26(32)28-14-12-20(13-15-28)29-23(10-11-24(29)30)25(31)27-17-19-6-4-3-5-7-19/h3-9,16,20,23H,10-15,17H2,1-2H3,(H,27,31). The largest absolute Gasteiger partial charge is 0.497 e. The minimum atomic E-state index is -0.433. The first-order chi connectivity index (χ1) is 16.0. The van der Waals surface area contributed by atoms with Gasteiger partial charge in [0.2, 0.25) is 11.8 Å². The Morgan fingerprint density at radius 2 is 1.79 bits per heavy atom. The molecule has 0 aromatic heterocycles. The Hall–Kier alpha value is -3.35. The van der Waals surface area contributed by atoms with E-state index in [1.807, 2.05) is 48.2 Å². The smallest absolute Gasteiger partial charge is 0.254 e. The highest BCUT2D eigenvalue weighted by Gasteiger charge is 2.41. The third-order valence-corrected chi connectivity index (χ3v) is 6.68. The van der Waals surface area contributed by atoms with Crippen LogP contribution < -0.4 is 10.1 Å². The Morgan fingerprint density at radius 1 is 1.06 bits per heavy atom. The summed E-state index contributed by atoms with van der Waals surface area (Å²) in [6.07, 6.45) is 2.29. The van der Waals surface area contributed by atoms with Gasteiger partial charge in [-0.1, -0.05) is 30.3 Å². The van der Waals surface area contributed by atoms with Gasteiger partial charge in [-0.25, -0.2) is 0 Å². The van der Waals surface area contributed by atoms with Crippen molar-refractivity contribution in [2.45, 2.75) is 51.2 Å². The van der Waals surface area contributed by atoms with Crippen molar-refractivity contribution in [1.29, 1.82) is 0 Å². The molecule has 1 atom stereocenters. The minimum Gasteiger partial charge on any atom is -0.497 e. The number of nitrogens with one attached hydrogen (secondary N) is 1. The third kappa shape index (κ3) is 5.02. The van der Waals surface area contributed by atoms with Gasteiger partial charge in [-0.05, 0) is 55.5 Å². The van der Waals surface area contributed by atoms with Gasteiger partial charge < -0.3 is 19.9 Å². The van der Waals surface area contributed by atoms with Crippen molar-refractivity contribution in [2.75, 3.05) is 20.2 Å². The maximum Gasteiger partial charge on any atom is 0.254 e. The zero-order valence-electron chi connectivity index (χ0n) is 19.3. The van der Waals surface area contributed by atoms with Gasteiger partial charge in [0.1, 0.15) is 11.8 Å². The molecule has 174 valence electrons.